The van der Waals surface area contributed by atoms with E-state index in [1.165, 1.54) is 0 Å². The summed E-state index contributed by atoms with van der Waals surface area (Å²) in [5.74, 6) is 3.05. The van der Waals surface area contributed by atoms with Crippen LogP contribution in [-0.4, -0.2) is 26.8 Å². The van der Waals surface area contributed by atoms with Gasteiger partial charge in [-0.25, -0.2) is 4.99 Å². The molecule has 22 heavy (non-hydrogen) atoms. The zero-order valence-electron chi connectivity index (χ0n) is 12.8. The summed E-state index contributed by atoms with van der Waals surface area (Å²) in [6, 6.07) is 10.8. The lowest BCUT2D eigenvalue weighted by atomic mass is 10.0. The van der Waals surface area contributed by atoms with Crippen LogP contribution in [0.4, 0.5) is 0 Å². The van der Waals surface area contributed by atoms with Crippen molar-refractivity contribution in [3.63, 3.8) is 0 Å². The van der Waals surface area contributed by atoms with Gasteiger partial charge in [-0.15, -0.1) is 0 Å². The number of aliphatic imine (C=N–C) groups is 1. The Morgan fingerprint density at radius 3 is 2.91 bits per heavy atom. The quantitative estimate of drug-likeness (QED) is 0.860. The second kappa shape index (κ2) is 5.47. The predicted octanol–water partition coefficient (Wildman–Crippen LogP) is 3.96. The van der Waals surface area contributed by atoms with Gasteiger partial charge >= 0.3 is 0 Å². The van der Waals surface area contributed by atoms with Crippen LogP contribution in [0.2, 0.25) is 0 Å². The Morgan fingerprint density at radius 2 is 2.23 bits per heavy atom. The Labute approximate surface area is 134 Å². The highest BCUT2D eigenvalue weighted by atomic mass is 32.2. The lowest BCUT2D eigenvalue weighted by Crippen LogP contribution is -2.35. The molecule has 4 rings (SSSR count). The van der Waals surface area contributed by atoms with Gasteiger partial charge in [-0.1, -0.05) is 24.8 Å². The fourth-order valence-electron chi connectivity index (χ4n) is 3.27. The van der Waals surface area contributed by atoms with Crippen molar-refractivity contribution in [3.8, 4) is 0 Å². The van der Waals surface area contributed by atoms with Crippen molar-refractivity contribution in [2.75, 3.05) is 5.75 Å². The molecule has 114 valence electrons. The van der Waals surface area contributed by atoms with Gasteiger partial charge in [-0.05, 0) is 37.6 Å². The molecule has 1 saturated heterocycles. The molecule has 4 nitrogen and oxygen atoms in total. The number of fused-ring (bicyclic) bond motifs is 1. The first kappa shape index (κ1) is 13.9. The molecule has 0 unspecified atom stereocenters. The number of rotatable bonds is 3. The van der Waals surface area contributed by atoms with Crippen molar-refractivity contribution in [3.05, 3.63) is 53.7 Å². The first-order chi connectivity index (χ1) is 10.8. The Bertz CT molecular complexity index is 697. The van der Waals surface area contributed by atoms with E-state index in [1.807, 2.05) is 43.1 Å². The van der Waals surface area contributed by atoms with Gasteiger partial charge in [0.05, 0.1) is 5.69 Å². The van der Waals surface area contributed by atoms with Crippen molar-refractivity contribution >= 4 is 16.9 Å². The van der Waals surface area contributed by atoms with Crippen molar-refractivity contribution in [2.45, 2.75) is 38.4 Å². The summed E-state index contributed by atoms with van der Waals surface area (Å²) in [5, 5.41) is 1.14. The molecule has 0 amide bonds. The van der Waals surface area contributed by atoms with Crippen LogP contribution in [0.5, 0.6) is 0 Å². The third-order valence-corrected chi connectivity index (χ3v) is 5.51. The second-order valence-electron chi connectivity index (χ2n) is 5.78. The molecule has 2 aromatic rings. The normalized spacial score (nSPS) is 27.1. The number of hydrogen-bond acceptors (Lipinski definition) is 5. The fourth-order valence-corrected chi connectivity index (χ4v) is 4.61. The lowest BCUT2D eigenvalue weighted by molar-refractivity contribution is 0.223. The minimum absolute atomic E-state index is 0.0172. The van der Waals surface area contributed by atoms with Crippen LogP contribution < -0.4 is 0 Å². The first-order valence-electron chi connectivity index (χ1n) is 7.74. The molecule has 0 aliphatic carbocycles. The molecule has 5 heteroatoms. The number of amidine groups is 1. The van der Waals surface area contributed by atoms with Crippen LogP contribution in [0.15, 0.2) is 45.9 Å². The van der Waals surface area contributed by atoms with Crippen molar-refractivity contribution < 1.29 is 4.42 Å². The lowest BCUT2D eigenvalue weighted by Gasteiger charge is -2.30. The molecule has 0 radical (unpaired) electrons. The zero-order chi connectivity index (χ0) is 15.1. The molecule has 0 bridgehead atoms. The minimum Gasteiger partial charge on any atom is -0.464 e. The summed E-state index contributed by atoms with van der Waals surface area (Å²) < 4.78 is 5.97. The number of pyridine rings is 1. The number of aryl methyl sites for hydroxylation is 1. The first-order valence-corrected chi connectivity index (χ1v) is 8.72. The number of nitrogens with zero attached hydrogens (tertiary/aromatic N) is 3. The molecule has 0 spiro atoms. The van der Waals surface area contributed by atoms with Gasteiger partial charge in [0.25, 0.3) is 0 Å². The molecule has 1 fully saturated rings. The van der Waals surface area contributed by atoms with Crippen molar-refractivity contribution in [1.82, 2.24) is 9.88 Å². The predicted molar refractivity (Wildman–Crippen MR) is 89.0 cm³/mol. The van der Waals surface area contributed by atoms with Crippen LogP contribution in [0.1, 0.15) is 42.6 Å². The topological polar surface area (TPSA) is 41.6 Å². The van der Waals surface area contributed by atoms with Gasteiger partial charge < -0.3 is 9.32 Å². The van der Waals surface area contributed by atoms with Crippen LogP contribution in [0.25, 0.3) is 0 Å². The highest BCUT2D eigenvalue weighted by Crippen LogP contribution is 2.48. The van der Waals surface area contributed by atoms with Crippen molar-refractivity contribution in [2.24, 2.45) is 4.99 Å². The SMILES string of the molecule is CC[C@@H]1CSC2=N[C@@H](c3ccccn3)[C@H](c3ccc(C)o3)N21. The van der Waals surface area contributed by atoms with Gasteiger partial charge in [0.2, 0.25) is 0 Å². The molecule has 3 atom stereocenters. The van der Waals surface area contributed by atoms with E-state index in [-0.39, 0.29) is 12.1 Å². The summed E-state index contributed by atoms with van der Waals surface area (Å²) in [4.78, 5) is 12.0. The van der Waals surface area contributed by atoms with Crippen LogP contribution >= 0.6 is 11.8 Å². The standard InChI is InChI=1S/C17H19N3OS/c1-3-12-10-22-17-19-15(13-6-4-5-9-18-13)16(20(12)17)14-8-7-11(2)21-14/h4-9,12,15-16H,3,10H2,1-2H3/t12-,15+,16+/m1/s1. The maximum absolute atomic E-state index is 5.97. The van der Waals surface area contributed by atoms with E-state index < -0.39 is 0 Å². The van der Waals surface area contributed by atoms with Crippen LogP contribution in [0.3, 0.4) is 0 Å². The van der Waals surface area contributed by atoms with Crippen molar-refractivity contribution in [1.29, 1.82) is 0 Å². The maximum atomic E-state index is 5.97. The number of furan rings is 1. The van der Waals surface area contributed by atoms with E-state index in [2.05, 4.69) is 28.9 Å². The maximum Gasteiger partial charge on any atom is 0.161 e. The van der Waals surface area contributed by atoms with Crippen LogP contribution in [0, 0.1) is 6.92 Å². The molecule has 0 aromatic carbocycles. The molecule has 0 saturated carbocycles. The summed E-state index contributed by atoms with van der Waals surface area (Å²) in [6.07, 6.45) is 2.96. The summed E-state index contributed by atoms with van der Waals surface area (Å²) in [7, 11) is 0. The molecule has 4 heterocycles. The number of thioether (sulfide) groups is 1. The van der Waals surface area contributed by atoms with E-state index in [0.717, 1.165) is 34.6 Å². The third kappa shape index (κ3) is 2.15. The van der Waals surface area contributed by atoms with E-state index in [1.54, 1.807) is 0 Å². The van der Waals surface area contributed by atoms with Gasteiger partial charge in [0.15, 0.2) is 5.17 Å². The molecule has 2 aliphatic heterocycles. The second-order valence-corrected chi connectivity index (χ2v) is 6.77. The Hall–Kier alpha value is -1.75. The molecular weight excluding hydrogens is 294 g/mol. The summed E-state index contributed by atoms with van der Waals surface area (Å²) in [6.45, 7) is 4.23. The largest absolute Gasteiger partial charge is 0.464 e. The fraction of sp³-hybridized carbons (Fsp3) is 0.412. The molecule has 2 aliphatic rings. The average Bonchev–Trinajstić information content (AvgIpc) is 3.22. The van der Waals surface area contributed by atoms with E-state index in [4.69, 9.17) is 9.41 Å². The smallest absolute Gasteiger partial charge is 0.161 e. The van der Waals surface area contributed by atoms with E-state index >= 15 is 0 Å². The van der Waals surface area contributed by atoms with Gasteiger partial charge in [0.1, 0.15) is 23.6 Å². The number of aromatic nitrogens is 1. The molecule has 0 N–H and O–H groups in total. The minimum atomic E-state index is 0.0172. The Morgan fingerprint density at radius 1 is 1.32 bits per heavy atom. The zero-order valence-corrected chi connectivity index (χ0v) is 13.6. The third-order valence-electron chi connectivity index (χ3n) is 4.38. The molecule has 2 aromatic heterocycles. The summed E-state index contributed by atoms with van der Waals surface area (Å²) in [5.41, 5.74) is 1.01. The summed E-state index contributed by atoms with van der Waals surface area (Å²) >= 11 is 1.86. The average molecular weight is 313 g/mol. The monoisotopic (exact) mass is 313 g/mol. The van der Waals surface area contributed by atoms with Crippen LogP contribution in [-0.2, 0) is 0 Å². The molecular formula is C17H19N3OS. The van der Waals surface area contributed by atoms with E-state index in [9.17, 15) is 0 Å². The van der Waals surface area contributed by atoms with Gasteiger partial charge in [0, 0.05) is 18.0 Å². The highest BCUT2D eigenvalue weighted by Gasteiger charge is 2.46. The Balaban J connectivity index is 1.78. The number of hydrogen-bond donors (Lipinski definition) is 0. The van der Waals surface area contributed by atoms with Gasteiger partial charge in [-0.3, -0.25) is 4.98 Å². The van der Waals surface area contributed by atoms with Gasteiger partial charge in [-0.2, -0.15) is 0 Å². The van der Waals surface area contributed by atoms with E-state index in [0.29, 0.717) is 6.04 Å². The Kier molecular flexibility index (Phi) is 3.45. The highest BCUT2D eigenvalue weighted by molar-refractivity contribution is 8.14.